The molecular formula is C19H29FN2O2S. The van der Waals surface area contributed by atoms with Crippen molar-refractivity contribution in [2.75, 3.05) is 32.7 Å². The molecule has 0 amide bonds. The van der Waals surface area contributed by atoms with E-state index in [0.29, 0.717) is 18.7 Å². The molecule has 0 radical (unpaired) electrons. The zero-order valence-electron chi connectivity index (χ0n) is 14.9. The number of nitrogens with zero attached hydrogens (tertiary/aromatic N) is 2. The standard InChI is InChI=1S/C19H29FN2O2S/c20-19-9-4-8-18(14-19)16-25(23,24)22-11-5-10-21(12-13-22)15-17-6-2-1-3-7-17/h4,8-9,14,17H,1-3,5-7,10-13,15-16H2. The molecule has 0 spiro atoms. The molecule has 6 heteroatoms. The Kier molecular flexibility index (Phi) is 6.47. The fraction of sp³-hybridized carbons (Fsp3) is 0.684. The molecule has 140 valence electrons. The van der Waals surface area contributed by atoms with Crippen molar-refractivity contribution in [3.63, 3.8) is 0 Å². The lowest BCUT2D eigenvalue weighted by molar-refractivity contribution is 0.208. The average Bonchev–Trinajstić information content (AvgIpc) is 2.82. The van der Waals surface area contributed by atoms with Crippen molar-refractivity contribution in [2.24, 2.45) is 5.92 Å². The van der Waals surface area contributed by atoms with E-state index < -0.39 is 10.0 Å². The lowest BCUT2D eigenvalue weighted by Crippen LogP contribution is -2.37. The predicted molar refractivity (Wildman–Crippen MR) is 98.2 cm³/mol. The zero-order chi connectivity index (χ0) is 17.7. The van der Waals surface area contributed by atoms with Gasteiger partial charge in [0.15, 0.2) is 0 Å². The first-order valence-electron chi connectivity index (χ1n) is 9.47. The van der Waals surface area contributed by atoms with Gasteiger partial charge in [-0.05, 0) is 49.4 Å². The van der Waals surface area contributed by atoms with Gasteiger partial charge in [-0.15, -0.1) is 0 Å². The molecule has 4 nitrogen and oxygen atoms in total. The highest BCUT2D eigenvalue weighted by Gasteiger charge is 2.26. The maximum atomic E-state index is 13.3. The summed E-state index contributed by atoms with van der Waals surface area (Å²) in [5.74, 6) is 0.277. The second-order valence-electron chi connectivity index (χ2n) is 7.44. The zero-order valence-corrected chi connectivity index (χ0v) is 15.7. The number of halogens is 1. The highest BCUT2D eigenvalue weighted by atomic mass is 32.2. The van der Waals surface area contributed by atoms with E-state index >= 15 is 0 Å². The summed E-state index contributed by atoms with van der Waals surface area (Å²) in [6, 6.07) is 5.89. The molecule has 1 aliphatic carbocycles. The molecule has 1 aromatic rings. The van der Waals surface area contributed by atoms with Crippen LogP contribution >= 0.6 is 0 Å². The monoisotopic (exact) mass is 368 g/mol. The van der Waals surface area contributed by atoms with Crippen LogP contribution in [0.25, 0.3) is 0 Å². The van der Waals surface area contributed by atoms with Gasteiger partial charge in [0, 0.05) is 26.2 Å². The maximum absolute atomic E-state index is 13.3. The van der Waals surface area contributed by atoms with Crippen LogP contribution in [0.2, 0.25) is 0 Å². The third-order valence-electron chi connectivity index (χ3n) is 5.42. The normalized spacial score (nSPS) is 22.0. The maximum Gasteiger partial charge on any atom is 0.218 e. The van der Waals surface area contributed by atoms with Crippen LogP contribution in [-0.2, 0) is 15.8 Å². The molecule has 0 bridgehead atoms. The number of sulfonamides is 1. The molecule has 1 aromatic carbocycles. The summed E-state index contributed by atoms with van der Waals surface area (Å²) in [6.07, 6.45) is 7.55. The first kappa shape index (κ1) is 18.8. The van der Waals surface area contributed by atoms with Crippen LogP contribution < -0.4 is 0 Å². The van der Waals surface area contributed by atoms with Crippen LogP contribution in [0.5, 0.6) is 0 Å². The summed E-state index contributed by atoms with van der Waals surface area (Å²) in [5, 5.41) is 0. The first-order valence-corrected chi connectivity index (χ1v) is 11.1. The third kappa shape index (κ3) is 5.50. The van der Waals surface area contributed by atoms with E-state index in [0.717, 1.165) is 32.0 Å². The van der Waals surface area contributed by atoms with Crippen molar-refractivity contribution in [3.05, 3.63) is 35.6 Å². The van der Waals surface area contributed by atoms with E-state index in [2.05, 4.69) is 4.90 Å². The molecule has 2 aliphatic rings. The Morgan fingerprint density at radius 2 is 1.80 bits per heavy atom. The van der Waals surface area contributed by atoms with Crippen molar-refractivity contribution in [2.45, 2.75) is 44.3 Å². The summed E-state index contributed by atoms with van der Waals surface area (Å²) >= 11 is 0. The van der Waals surface area contributed by atoms with Gasteiger partial charge in [0.1, 0.15) is 5.82 Å². The predicted octanol–water partition coefficient (Wildman–Crippen LogP) is 3.24. The minimum atomic E-state index is -3.39. The van der Waals surface area contributed by atoms with Gasteiger partial charge >= 0.3 is 0 Å². The van der Waals surface area contributed by atoms with E-state index in [1.54, 1.807) is 16.4 Å². The highest BCUT2D eigenvalue weighted by molar-refractivity contribution is 7.88. The molecular weight excluding hydrogens is 339 g/mol. The number of benzene rings is 1. The second-order valence-corrected chi connectivity index (χ2v) is 9.41. The van der Waals surface area contributed by atoms with Crippen LogP contribution in [0.1, 0.15) is 44.1 Å². The average molecular weight is 369 g/mol. The van der Waals surface area contributed by atoms with Crippen molar-refractivity contribution in [1.82, 2.24) is 9.21 Å². The number of hydrogen-bond donors (Lipinski definition) is 0. The van der Waals surface area contributed by atoms with E-state index in [1.165, 1.54) is 44.2 Å². The second kappa shape index (κ2) is 8.60. The molecule has 0 unspecified atom stereocenters. The van der Waals surface area contributed by atoms with E-state index in [1.807, 2.05) is 0 Å². The molecule has 1 saturated carbocycles. The number of rotatable bonds is 5. The van der Waals surface area contributed by atoms with Gasteiger partial charge in [0.25, 0.3) is 0 Å². The molecule has 0 atom stereocenters. The Bertz CT molecular complexity index is 659. The van der Waals surface area contributed by atoms with Crippen molar-refractivity contribution in [3.8, 4) is 0 Å². The van der Waals surface area contributed by atoms with Crippen LogP contribution in [0, 0.1) is 11.7 Å². The topological polar surface area (TPSA) is 40.6 Å². The molecule has 1 aliphatic heterocycles. The minimum Gasteiger partial charge on any atom is -0.302 e. The molecule has 0 N–H and O–H groups in total. The molecule has 3 rings (SSSR count). The Hall–Kier alpha value is -0.980. The molecule has 25 heavy (non-hydrogen) atoms. The third-order valence-corrected chi connectivity index (χ3v) is 7.27. The fourth-order valence-electron chi connectivity index (χ4n) is 4.07. The van der Waals surface area contributed by atoms with Gasteiger partial charge in [0.05, 0.1) is 5.75 Å². The van der Waals surface area contributed by atoms with Crippen LogP contribution in [0.3, 0.4) is 0 Å². The first-order chi connectivity index (χ1) is 12.0. The Morgan fingerprint density at radius 3 is 2.56 bits per heavy atom. The van der Waals surface area contributed by atoms with Gasteiger partial charge in [-0.2, -0.15) is 0 Å². The summed E-state index contributed by atoms with van der Waals surface area (Å²) in [5.41, 5.74) is 0.517. The SMILES string of the molecule is O=S(=O)(Cc1cccc(F)c1)N1CCCN(CC2CCCCC2)CC1. The summed E-state index contributed by atoms with van der Waals surface area (Å²) in [4.78, 5) is 2.44. The lowest BCUT2D eigenvalue weighted by atomic mass is 9.89. The smallest absolute Gasteiger partial charge is 0.218 e. The minimum absolute atomic E-state index is 0.118. The van der Waals surface area contributed by atoms with E-state index in [4.69, 9.17) is 0 Å². The summed E-state index contributed by atoms with van der Waals surface area (Å²) in [6.45, 7) is 4.00. The Labute approximate surface area is 151 Å². The van der Waals surface area contributed by atoms with Gasteiger partial charge in [0.2, 0.25) is 10.0 Å². The van der Waals surface area contributed by atoms with Crippen LogP contribution in [0.15, 0.2) is 24.3 Å². The van der Waals surface area contributed by atoms with Crippen LogP contribution in [-0.4, -0.2) is 50.3 Å². The Morgan fingerprint density at radius 1 is 1.00 bits per heavy atom. The molecule has 1 heterocycles. The molecule has 2 fully saturated rings. The van der Waals surface area contributed by atoms with Gasteiger partial charge in [-0.25, -0.2) is 17.1 Å². The quantitative estimate of drug-likeness (QED) is 0.801. The molecule has 0 aromatic heterocycles. The van der Waals surface area contributed by atoms with Crippen LogP contribution in [0.4, 0.5) is 4.39 Å². The summed E-state index contributed by atoms with van der Waals surface area (Å²) in [7, 11) is -3.39. The van der Waals surface area contributed by atoms with Gasteiger partial charge in [-0.1, -0.05) is 31.4 Å². The number of hydrogen-bond acceptors (Lipinski definition) is 3. The van der Waals surface area contributed by atoms with Crippen molar-refractivity contribution >= 4 is 10.0 Å². The van der Waals surface area contributed by atoms with Crippen molar-refractivity contribution < 1.29 is 12.8 Å². The highest BCUT2D eigenvalue weighted by Crippen LogP contribution is 2.25. The van der Waals surface area contributed by atoms with E-state index in [9.17, 15) is 12.8 Å². The molecule has 1 saturated heterocycles. The summed E-state index contributed by atoms with van der Waals surface area (Å²) < 4.78 is 40.3. The van der Waals surface area contributed by atoms with Gasteiger partial charge < -0.3 is 4.90 Å². The van der Waals surface area contributed by atoms with E-state index in [-0.39, 0.29) is 11.6 Å². The van der Waals surface area contributed by atoms with Gasteiger partial charge in [-0.3, -0.25) is 0 Å². The lowest BCUT2D eigenvalue weighted by Gasteiger charge is -2.28. The largest absolute Gasteiger partial charge is 0.302 e. The fourth-order valence-corrected chi connectivity index (χ4v) is 5.62. The Balaban J connectivity index is 1.56. The van der Waals surface area contributed by atoms with Crippen molar-refractivity contribution in [1.29, 1.82) is 0 Å².